The Morgan fingerprint density at radius 1 is 1.41 bits per heavy atom. The Bertz CT molecular complexity index is 604. The lowest BCUT2D eigenvalue weighted by Crippen LogP contribution is -2.54. The van der Waals surface area contributed by atoms with Crippen LogP contribution in [0.4, 0.5) is 4.79 Å². The first-order valence-electron chi connectivity index (χ1n) is 7.03. The highest BCUT2D eigenvalue weighted by molar-refractivity contribution is 5.75. The van der Waals surface area contributed by atoms with Crippen LogP contribution >= 0.6 is 0 Å². The summed E-state index contributed by atoms with van der Waals surface area (Å²) in [6.07, 6.45) is 5.11. The van der Waals surface area contributed by atoms with Crippen LogP contribution in [0.3, 0.4) is 0 Å². The maximum atomic E-state index is 11.8. The van der Waals surface area contributed by atoms with Gasteiger partial charge in [0.1, 0.15) is 12.2 Å². The minimum Gasteiger partial charge on any atom is -0.383 e. The van der Waals surface area contributed by atoms with E-state index in [0.29, 0.717) is 32.8 Å². The Balaban J connectivity index is 1.46. The summed E-state index contributed by atoms with van der Waals surface area (Å²) in [7, 11) is 1.60. The molecular formula is C12H18N8O2. The van der Waals surface area contributed by atoms with Gasteiger partial charge in [-0.2, -0.15) is 15.0 Å². The minimum atomic E-state index is -0.0746. The third kappa shape index (κ3) is 3.22. The van der Waals surface area contributed by atoms with Crippen LogP contribution in [0, 0.1) is 0 Å². The van der Waals surface area contributed by atoms with Crippen molar-refractivity contribution in [1.82, 2.24) is 40.2 Å². The van der Waals surface area contributed by atoms with Gasteiger partial charge in [-0.05, 0) is 0 Å². The topological polar surface area (TPSA) is 103 Å². The molecule has 1 fully saturated rings. The predicted octanol–water partition coefficient (Wildman–Crippen LogP) is -0.869. The maximum absolute atomic E-state index is 11.8. The molecule has 1 aliphatic heterocycles. The van der Waals surface area contributed by atoms with Crippen molar-refractivity contribution in [2.24, 2.45) is 0 Å². The van der Waals surface area contributed by atoms with Crippen molar-refractivity contribution in [1.29, 1.82) is 0 Å². The lowest BCUT2D eigenvalue weighted by atomic mass is 10.1. The molecule has 0 spiro atoms. The SMILES string of the molecule is COCCNC(=O)N1CC(n2cc(Cn3nccn3)nn2)C1. The molecular weight excluding hydrogens is 288 g/mol. The fraction of sp³-hybridized carbons (Fsp3) is 0.583. The van der Waals surface area contributed by atoms with E-state index >= 15 is 0 Å². The molecule has 10 heteroatoms. The molecule has 0 aliphatic carbocycles. The van der Waals surface area contributed by atoms with Crippen LogP contribution in [0.15, 0.2) is 18.6 Å². The van der Waals surface area contributed by atoms with Crippen molar-refractivity contribution in [2.75, 3.05) is 33.4 Å². The molecule has 2 amide bonds. The summed E-state index contributed by atoms with van der Waals surface area (Å²) in [5, 5.41) is 19.1. The zero-order valence-electron chi connectivity index (χ0n) is 12.3. The van der Waals surface area contributed by atoms with Crippen molar-refractivity contribution < 1.29 is 9.53 Å². The van der Waals surface area contributed by atoms with E-state index in [2.05, 4.69) is 25.8 Å². The molecule has 0 bridgehead atoms. The van der Waals surface area contributed by atoms with Gasteiger partial charge in [0.15, 0.2) is 0 Å². The van der Waals surface area contributed by atoms with Gasteiger partial charge in [0.2, 0.25) is 0 Å². The van der Waals surface area contributed by atoms with Crippen LogP contribution in [0.5, 0.6) is 0 Å². The minimum absolute atomic E-state index is 0.0746. The van der Waals surface area contributed by atoms with E-state index in [9.17, 15) is 4.79 Å². The van der Waals surface area contributed by atoms with Crippen molar-refractivity contribution in [3.05, 3.63) is 24.3 Å². The van der Waals surface area contributed by atoms with E-state index in [4.69, 9.17) is 4.74 Å². The Morgan fingerprint density at radius 3 is 2.91 bits per heavy atom. The number of rotatable bonds is 6. The van der Waals surface area contributed by atoms with Gasteiger partial charge in [-0.3, -0.25) is 0 Å². The Labute approximate surface area is 127 Å². The van der Waals surface area contributed by atoms with E-state index in [1.54, 1.807) is 33.9 Å². The number of nitrogens with zero attached hydrogens (tertiary/aromatic N) is 7. The van der Waals surface area contributed by atoms with Gasteiger partial charge in [0, 0.05) is 26.7 Å². The molecule has 2 aromatic rings. The fourth-order valence-corrected chi connectivity index (χ4v) is 2.19. The molecule has 3 heterocycles. The van der Waals surface area contributed by atoms with Gasteiger partial charge in [-0.15, -0.1) is 5.10 Å². The van der Waals surface area contributed by atoms with E-state index < -0.39 is 0 Å². The van der Waals surface area contributed by atoms with Crippen LogP contribution in [0.25, 0.3) is 0 Å². The van der Waals surface area contributed by atoms with Crippen molar-refractivity contribution in [3.8, 4) is 0 Å². The average molecular weight is 306 g/mol. The molecule has 1 aliphatic rings. The third-order valence-electron chi connectivity index (χ3n) is 3.43. The second-order valence-corrected chi connectivity index (χ2v) is 5.03. The molecule has 22 heavy (non-hydrogen) atoms. The summed E-state index contributed by atoms with van der Waals surface area (Å²) in [4.78, 5) is 15.1. The fourth-order valence-electron chi connectivity index (χ4n) is 2.19. The van der Waals surface area contributed by atoms with E-state index in [1.165, 1.54) is 0 Å². The number of carbonyl (C=O) groups excluding carboxylic acids is 1. The first kappa shape index (κ1) is 14.4. The third-order valence-corrected chi connectivity index (χ3v) is 3.43. The average Bonchev–Trinajstić information content (AvgIpc) is 3.10. The van der Waals surface area contributed by atoms with Crippen LogP contribution in [-0.4, -0.2) is 74.3 Å². The molecule has 3 rings (SSSR count). The first-order chi connectivity index (χ1) is 10.8. The summed E-state index contributed by atoms with van der Waals surface area (Å²) in [5.41, 5.74) is 0.791. The Hall–Kier alpha value is -2.49. The zero-order valence-corrected chi connectivity index (χ0v) is 12.3. The highest BCUT2D eigenvalue weighted by atomic mass is 16.5. The molecule has 0 saturated carbocycles. The van der Waals surface area contributed by atoms with Crippen molar-refractivity contribution in [3.63, 3.8) is 0 Å². The highest BCUT2D eigenvalue weighted by Gasteiger charge is 2.32. The summed E-state index contributed by atoms with van der Waals surface area (Å²) >= 11 is 0. The second-order valence-electron chi connectivity index (χ2n) is 5.03. The number of urea groups is 1. The number of carbonyl (C=O) groups is 1. The normalized spacial score (nSPS) is 14.9. The molecule has 0 unspecified atom stereocenters. The zero-order chi connectivity index (χ0) is 15.4. The van der Waals surface area contributed by atoms with Crippen LogP contribution in [0.2, 0.25) is 0 Å². The largest absolute Gasteiger partial charge is 0.383 e. The lowest BCUT2D eigenvalue weighted by Gasteiger charge is -2.38. The standard InChI is InChI=1S/C12H18N8O2/c1-22-5-4-13-12(21)18-8-11(9-18)19-6-10(16-17-19)7-20-14-2-3-15-20/h2-3,6,11H,4-5,7-9H2,1H3,(H,13,21). The monoisotopic (exact) mass is 306 g/mol. The number of methoxy groups -OCH3 is 1. The molecule has 118 valence electrons. The van der Waals surface area contributed by atoms with Crippen molar-refractivity contribution in [2.45, 2.75) is 12.6 Å². The maximum Gasteiger partial charge on any atom is 0.317 e. The van der Waals surface area contributed by atoms with Gasteiger partial charge < -0.3 is 15.0 Å². The number of amides is 2. The molecule has 0 aromatic carbocycles. The van der Waals surface area contributed by atoms with Gasteiger partial charge >= 0.3 is 6.03 Å². The Morgan fingerprint density at radius 2 is 2.18 bits per heavy atom. The molecule has 0 radical (unpaired) electrons. The van der Waals surface area contributed by atoms with E-state index in [-0.39, 0.29) is 12.1 Å². The summed E-state index contributed by atoms with van der Waals surface area (Å²) < 4.78 is 6.68. The summed E-state index contributed by atoms with van der Waals surface area (Å²) in [6, 6.07) is 0.0920. The first-order valence-corrected chi connectivity index (χ1v) is 7.03. The molecule has 2 aromatic heterocycles. The number of hydrogen-bond acceptors (Lipinski definition) is 6. The number of aromatic nitrogens is 6. The smallest absolute Gasteiger partial charge is 0.317 e. The number of nitrogens with one attached hydrogen (secondary N) is 1. The molecule has 1 N–H and O–H groups in total. The van der Waals surface area contributed by atoms with Crippen molar-refractivity contribution >= 4 is 6.03 Å². The van der Waals surface area contributed by atoms with Crippen LogP contribution in [0.1, 0.15) is 11.7 Å². The lowest BCUT2D eigenvalue weighted by molar-refractivity contribution is 0.114. The number of hydrogen-bond donors (Lipinski definition) is 1. The van der Waals surface area contributed by atoms with Gasteiger partial charge in [-0.1, -0.05) is 5.21 Å². The molecule has 1 saturated heterocycles. The second kappa shape index (κ2) is 6.52. The van der Waals surface area contributed by atoms with Crippen LogP contribution in [-0.2, 0) is 11.3 Å². The highest BCUT2D eigenvalue weighted by Crippen LogP contribution is 2.20. The predicted molar refractivity (Wildman–Crippen MR) is 75.0 cm³/mol. The van der Waals surface area contributed by atoms with Crippen LogP contribution < -0.4 is 5.32 Å². The molecule has 10 nitrogen and oxygen atoms in total. The number of ether oxygens (including phenoxy) is 1. The Kier molecular flexibility index (Phi) is 4.28. The van der Waals surface area contributed by atoms with E-state index in [1.807, 2.05) is 6.20 Å². The van der Waals surface area contributed by atoms with Gasteiger partial charge in [-0.25, -0.2) is 9.48 Å². The molecule has 0 atom stereocenters. The summed E-state index contributed by atoms with van der Waals surface area (Å²) in [6.45, 7) is 2.77. The van der Waals surface area contributed by atoms with Gasteiger partial charge in [0.05, 0.1) is 31.2 Å². The van der Waals surface area contributed by atoms with Gasteiger partial charge in [0.25, 0.3) is 0 Å². The summed E-state index contributed by atoms with van der Waals surface area (Å²) in [5.74, 6) is 0. The quantitative estimate of drug-likeness (QED) is 0.696. The van der Waals surface area contributed by atoms with E-state index in [0.717, 1.165) is 5.69 Å². The number of likely N-dealkylation sites (tertiary alicyclic amines) is 1.